The second-order valence-electron chi connectivity index (χ2n) is 2.94. The van der Waals surface area contributed by atoms with Gasteiger partial charge >= 0.3 is 5.97 Å². The van der Waals surface area contributed by atoms with Gasteiger partial charge in [-0.15, -0.1) is 11.3 Å². The average Bonchev–Trinajstić information content (AvgIpc) is 2.68. The number of ether oxygens (including phenoxy) is 1. The average molecular weight is 234 g/mol. The van der Waals surface area contributed by atoms with Gasteiger partial charge in [0.25, 0.3) is 0 Å². The van der Waals surface area contributed by atoms with Crippen molar-refractivity contribution >= 4 is 27.5 Å². The van der Waals surface area contributed by atoms with Gasteiger partial charge in [-0.05, 0) is 18.2 Å². The molecule has 0 aliphatic carbocycles. The van der Waals surface area contributed by atoms with E-state index in [1.54, 1.807) is 18.2 Å². The normalized spacial score (nSPS) is 9.94. The van der Waals surface area contributed by atoms with E-state index in [2.05, 4.69) is 4.98 Å². The standard InChI is InChI=1S/C10H6N2O3S/c11-4-9-12-7-2-1-6(3-8(7)16-9)15-5-10(13)14/h1-3H,5H2,(H,13,14). The number of aromatic nitrogens is 1. The maximum Gasteiger partial charge on any atom is 0.341 e. The highest BCUT2D eigenvalue weighted by Gasteiger charge is 2.05. The predicted octanol–water partition coefficient (Wildman–Crippen LogP) is 1.63. The molecule has 6 heteroatoms. The maximum absolute atomic E-state index is 10.3. The SMILES string of the molecule is N#Cc1nc2ccc(OCC(=O)O)cc2s1. The molecule has 1 heterocycles. The highest BCUT2D eigenvalue weighted by molar-refractivity contribution is 7.19. The summed E-state index contributed by atoms with van der Waals surface area (Å²) in [4.78, 5) is 14.4. The second kappa shape index (κ2) is 4.16. The van der Waals surface area contributed by atoms with Crippen LogP contribution in [0.15, 0.2) is 18.2 Å². The summed E-state index contributed by atoms with van der Waals surface area (Å²) in [5.41, 5.74) is 0.712. The summed E-state index contributed by atoms with van der Waals surface area (Å²) >= 11 is 1.25. The third-order valence-electron chi connectivity index (χ3n) is 1.82. The molecule has 0 fully saturated rings. The number of carbonyl (C=O) groups is 1. The zero-order valence-electron chi connectivity index (χ0n) is 8.01. The summed E-state index contributed by atoms with van der Waals surface area (Å²) in [5.74, 6) is -0.565. The highest BCUT2D eigenvalue weighted by Crippen LogP contribution is 2.25. The number of carboxylic acids is 1. The smallest absolute Gasteiger partial charge is 0.341 e. The van der Waals surface area contributed by atoms with Crippen LogP contribution in [0.1, 0.15) is 5.01 Å². The number of hydrogen-bond acceptors (Lipinski definition) is 5. The molecular formula is C10H6N2O3S. The number of benzene rings is 1. The molecule has 0 atom stereocenters. The first-order chi connectivity index (χ1) is 7.69. The fourth-order valence-corrected chi connectivity index (χ4v) is 1.98. The number of nitrogens with zero attached hydrogens (tertiary/aromatic N) is 2. The molecule has 2 aromatic rings. The molecule has 2 rings (SSSR count). The summed E-state index contributed by atoms with van der Waals surface area (Å²) in [7, 11) is 0. The van der Waals surface area contributed by atoms with Crippen LogP contribution in [0.25, 0.3) is 10.2 Å². The molecule has 0 radical (unpaired) electrons. The highest BCUT2D eigenvalue weighted by atomic mass is 32.1. The minimum Gasteiger partial charge on any atom is -0.482 e. The van der Waals surface area contributed by atoms with Gasteiger partial charge in [0, 0.05) is 0 Å². The van der Waals surface area contributed by atoms with E-state index in [1.807, 2.05) is 6.07 Å². The number of hydrogen-bond donors (Lipinski definition) is 1. The number of fused-ring (bicyclic) bond motifs is 1. The fraction of sp³-hybridized carbons (Fsp3) is 0.100. The van der Waals surface area contributed by atoms with Gasteiger partial charge in [0.05, 0.1) is 10.2 Å². The van der Waals surface area contributed by atoms with Crippen molar-refractivity contribution in [3.05, 3.63) is 23.2 Å². The van der Waals surface area contributed by atoms with Gasteiger partial charge in [-0.25, -0.2) is 9.78 Å². The lowest BCUT2D eigenvalue weighted by molar-refractivity contribution is -0.139. The molecule has 0 saturated carbocycles. The quantitative estimate of drug-likeness (QED) is 0.872. The van der Waals surface area contributed by atoms with Gasteiger partial charge < -0.3 is 9.84 Å². The van der Waals surface area contributed by atoms with Crippen molar-refractivity contribution in [2.75, 3.05) is 6.61 Å². The number of carboxylic acid groups (broad SMARTS) is 1. The summed E-state index contributed by atoms with van der Waals surface area (Å²) in [6.07, 6.45) is 0. The van der Waals surface area contributed by atoms with Gasteiger partial charge in [0.1, 0.15) is 11.8 Å². The van der Waals surface area contributed by atoms with Crippen LogP contribution in [0, 0.1) is 11.3 Å². The summed E-state index contributed by atoms with van der Waals surface area (Å²) in [6, 6.07) is 6.97. The molecule has 0 amide bonds. The Hall–Kier alpha value is -2.13. The number of rotatable bonds is 3. The van der Waals surface area contributed by atoms with Crippen LogP contribution in [0.2, 0.25) is 0 Å². The zero-order chi connectivity index (χ0) is 11.5. The van der Waals surface area contributed by atoms with Crippen molar-refractivity contribution < 1.29 is 14.6 Å². The fourth-order valence-electron chi connectivity index (χ4n) is 1.19. The number of aliphatic carboxylic acids is 1. The molecule has 5 nitrogen and oxygen atoms in total. The van der Waals surface area contributed by atoms with Crippen LogP contribution in [0.5, 0.6) is 5.75 Å². The van der Waals surface area contributed by atoms with Crippen LogP contribution in [0.4, 0.5) is 0 Å². The van der Waals surface area contributed by atoms with Crippen molar-refractivity contribution in [2.24, 2.45) is 0 Å². The molecule has 1 aromatic heterocycles. The minimum absolute atomic E-state index is 0.380. The lowest BCUT2D eigenvalue weighted by Crippen LogP contribution is -2.09. The van der Waals surface area contributed by atoms with Crippen molar-refractivity contribution in [2.45, 2.75) is 0 Å². The number of thiazole rings is 1. The Morgan fingerprint density at radius 2 is 2.44 bits per heavy atom. The van der Waals surface area contributed by atoms with E-state index in [0.29, 0.717) is 16.3 Å². The first-order valence-corrected chi connectivity index (χ1v) is 5.16. The molecule has 0 aliphatic heterocycles. The first-order valence-electron chi connectivity index (χ1n) is 4.34. The van der Waals surface area contributed by atoms with E-state index in [1.165, 1.54) is 11.3 Å². The van der Waals surface area contributed by atoms with E-state index < -0.39 is 5.97 Å². The molecule has 80 valence electrons. The summed E-state index contributed by atoms with van der Waals surface area (Å²) < 4.78 is 5.82. The molecule has 0 spiro atoms. The molecule has 1 aromatic carbocycles. The minimum atomic E-state index is -1.03. The van der Waals surface area contributed by atoms with Crippen LogP contribution in [-0.4, -0.2) is 22.7 Å². The Balaban J connectivity index is 2.29. The molecule has 16 heavy (non-hydrogen) atoms. The molecule has 0 unspecified atom stereocenters. The van der Waals surface area contributed by atoms with Crippen molar-refractivity contribution in [3.8, 4) is 11.8 Å². The monoisotopic (exact) mass is 234 g/mol. The topological polar surface area (TPSA) is 83.2 Å². The Bertz CT molecular complexity index is 585. The van der Waals surface area contributed by atoms with Crippen molar-refractivity contribution in [3.63, 3.8) is 0 Å². The van der Waals surface area contributed by atoms with Gasteiger partial charge in [0.15, 0.2) is 11.6 Å². The van der Waals surface area contributed by atoms with Crippen LogP contribution < -0.4 is 4.74 Å². The molecule has 1 N–H and O–H groups in total. The van der Waals surface area contributed by atoms with Crippen LogP contribution in [0.3, 0.4) is 0 Å². The third kappa shape index (κ3) is 2.10. The molecule has 0 aliphatic rings. The van der Waals surface area contributed by atoms with Gasteiger partial charge in [-0.2, -0.15) is 5.26 Å². The molecular weight excluding hydrogens is 228 g/mol. The Morgan fingerprint density at radius 1 is 1.62 bits per heavy atom. The maximum atomic E-state index is 10.3. The lowest BCUT2D eigenvalue weighted by atomic mass is 10.3. The van der Waals surface area contributed by atoms with Crippen molar-refractivity contribution in [1.82, 2.24) is 4.98 Å². The van der Waals surface area contributed by atoms with E-state index in [0.717, 1.165) is 4.70 Å². The first kappa shape index (κ1) is 10.4. The Kier molecular flexibility index (Phi) is 2.70. The van der Waals surface area contributed by atoms with E-state index in [9.17, 15) is 4.79 Å². The van der Waals surface area contributed by atoms with E-state index >= 15 is 0 Å². The van der Waals surface area contributed by atoms with Gasteiger partial charge in [0.2, 0.25) is 0 Å². The second-order valence-corrected chi connectivity index (χ2v) is 3.97. The van der Waals surface area contributed by atoms with Gasteiger partial charge in [-0.1, -0.05) is 0 Å². The molecule has 0 bridgehead atoms. The van der Waals surface area contributed by atoms with Crippen molar-refractivity contribution in [1.29, 1.82) is 5.26 Å². The molecule has 0 saturated heterocycles. The Labute approximate surface area is 94.5 Å². The third-order valence-corrected chi connectivity index (χ3v) is 2.74. The largest absolute Gasteiger partial charge is 0.482 e. The summed E-state index contributed by atoms with van der Waals surface area (Å²) in [5, 5.41) is 17.5. The van der Waals surface area contributed by atoms with E-state index in [-0.39, 0.29) is 6.61 Å². The van der Waals surface area contributed by atoms with E-state index in [4.69, 9.17) is 15.1 Å². The predicted molar refractivity (Wildman–Crippen MR) is 57.5 cm³/mol. The Morgan fingerprint density at radius 3 is 3.12 bits per heavy atom. The lowest BCUT2D eigenvalue weighted by Gasteiger charge is -2.01. The van der Waals surface area contributed by atoms with Crippen LogP contribution >= 0.6 is 11.3 Å². The number of nitriles is 1. The zero-order valence-corrected chi connectivity index (χ0v) is 8.82. The van der Waals surface area contributed by atoms with Gasteiger partial charge in [-0.3, -0.25) is 0 Å². The summed E-state index contributed by atoms with van der Waals surface area (Å²) in [6.45, 7) is -0.380. The van der Waals surface area contributed by atoms with Crippen LogP contribution in [-0.2, 0) is 4.79 Å².